The van der Waals surface area contributed by atoms with E-state index in [9.17, 15) is 13.2 Å². The first-order valence-electron chi connectivity index (χ1n) is 8.76. The highest BCUT2D eigenvalue weighted by atomic mass is 32.2. The van der Waals surface area contributed by atoms with Gasteiger partial charge in [0.1, 0.15) is 0 Å². The zero-order valence-electron chi connectivity index (χ0n) is 14.7. The highest BCUT2D eigenvalue weighted by Crippen LogP contribution is 2.15. The number of amides is 1. The lowest BCUT2D eigenvalue weighted by Crippen LogP contribution is -2.47. The average Bonchev–Trinajstić information content (AvgIpc) is 3.13. The molecular weight excluding hydrogens is 354 g/mol. The number of carbonyl (C=O) groups is 1. The summed E-state index contributed by atoms with van der Waals surface area (Å²) in [4.78, 5) is 12.4. The van der Waals surface area contributed by atoms with E-state index in [1.807, 2.05) is 37.3 Å². The number of aromatic nitrogens is 3. The molecule has 1 aliphatic rings. The fraction of sp³-hybridized carbons (Fsp3) is 0.471. The Bertz CT molecular complexity index is 842. The fourth-order valence-electron chi connectivity index (χ4n) is 3.00. The zero-order valence-corrected chi connectivity index (χ0v) is 15.5. The van der Waals surface area contributed by atoms with E-state index in [4.69, 9.17) is 0 Å². The number of nitrogens with zero attached hydrogens (tertiary/aromatic N) is 4. The van der Waals surface area contributed by atoms with Gasteiger partial charge < -0.3 is 5.32 Å². The number of hydrogen-bond donors (Lipinski definition) is 1. The lowest BCUT2D eigenvalue weighted by atomic mass is 10.1. The molecule has 0 saturated carbocycles. The van der Waals surface area contributed by atoms with E-state index < -0.39 is 10.0 Å². The van der Waals surface area contributed by atoms with Gasteiger partial charge in [0, 0.05) is 19.1 Å². The first-order valence-corrected chi connectivity index (χ1v) is 10.4. The highest BCUT2D eigenvalue weighted by molar-refractivity contribution is 7.89. The number of rotatable bonds is 6. The van der Waals surface area contributed by atoms with Crippen LogP contribution in [0.2, 0.25) is 0 Å². The Hall–Kier alpha value is -2.26. The van der Waals surface area contributed by atoms with Crippen molar-refractivity contribution in [3.05, 3.63) is 42.2 Å². The van der Waals surface area contributed by atoms with Crippen LogP contribution in [0.3, 0.4) is 0 Å². The van der Waals surface area contributed by atoms with Gasteiger partial charge in [0.25, 0.3) is 5.91 Å². The SMILES string of the molecule is CCCS(=O)(=O)N1CCC(NC(=O)c2cn(-c3ccccc3)nn2)CC1. The second-order valence-electron chi connectivity index (χ2n) is 6.35. The van der Waals surface area contributed by atoms with Gasteiger partial charge in [-0.15, -0.1) is 5.10 Å². The molecule has 0 spiro atoms. The maximum Gasteiger partial charge on any atom is 0.273 e. The van der Waals surface area contributed by atoms with Crippen molar-refractivity contribution in [3.63, 3.8) is 0 Å². The molecule has 8 nitrogen and oxygen atoms in total. The second kappa shape index (κ2) is 7.96. The summed E-state index contributed by atoms with van der Waals surface area (Å²) in [7, 11) is -3.17. The summed E-state index contributed by atoms with van der Waals surface area (Å²) in [6.45, 7) is 2.72. The van der Waals surface area contributed by atoms with E-state index >= 15 is 0 Å². The van der Waals surface area contributed by atoms with Crippen LogP contribution in [-0.4, -0.2) is 58.5 Å². The summed E-state index contributed by atoms with van der Waals surface area (Å²) in [5.41, 5.74) is 1.07. The maximum absolute atomic E-state index is 12.4. The van der Waals surface area contributed by atoms with Crippen LogP contribution >= 0.6 is 0 Å². The number of nitrogens with one attached hydrogen (secondary N) is 1. The van der Waals surface area contributed by atoms with Crippen LogP contribution in [0.15, 0.2) is 36.5 Å². The van der Waals surface area contributed by atoms with E-state index in [1.54, 1.807) is 10.9 Å². The van der Waals surface area contributed by atoms with Gasteiger partial charge in [-0.25, -0.2) is 17.4 Å². The molecule has 0 unspecified atom stereocenters. The van der Waals surface area contributed by atoms with E-state index in [0.717, 1.165) is 5.69 Å². The quantitative estimate of drug-likeness (QED) is 0.816. The summed E-state index contributed by atoms with van der Waals surface area (Å²) >= 11 is 0. The number of benzene rings is 1. The Morgan fingerprint density at radius 3 is 2.58 bits per heavy atom. The predicted octanol–water partition coefficient (Wildman–Crippen LogP) is 1.20. The van der Waals surface area contributed by atoms with Gasteiger partial charge >= 0.3 is 0 Å². The van der Waals surface area contributed by atoms with Gasteiger partial charge in [-0.05, 0) is 31.4 Å². The monoisotopic (exact) mass is 377 g/mol. The summed E-state index contributed by atoms with van der Waals surface area (Å²) in [6.07, 6.45) is 3.39. The van der Waals surface area contributed by atoms with Crippen LogP contribution in [-0.2, 0) is 10.0 Å². The van der Waals surface area contributed by atoms with E-state index in [1.165, 1.54) is 4.31 Å². The Kier molecular flexibility index (Phi) is 5.67. The molecular formula is C17H23N5O3S. The zero-order chi connectivity index (χ0) is 18.6. The molecule has 1 aliphatic heterocycles. The third kappa shape index (κ3) is 4.28. The Labute approximate surface area is 153 Å². The summed E-state index contributed by atoms with van der Waals surface area (Å²) in [5.74, 6) is -0.117. The third-order valence-electron chi connectivity index (χ3n) is 4.39. The lowest BCUT2D eigenvalue weighted by molar-refractivity contribution is 0.0918. The van der Waals surface area contributed by atoms with E-state index in [-0.39, 0.29) is 23.4 Å². The van der Waals surface area contributed by atoms with Crippen molar-refractivity contribution in [2.75, 3.05) is 18.8 Å². The van der Waals surface area contributed by atoms with Gasteiger partial charge in [-0.1, -0.05) is 30.3 Å². The van der Waals surface area contributed by atoms with Crippen molar-refractivity contribution in [1.29, 1.82) is 0 Å². The topological polar surface area (TPSA) is 97.2 Å². The van der Waals surface area contributed by atoms with Crippen molar-refractivity contribution in [1.82, 2.24) is 24.6 Å². The molecule has 0 bridgehead atoms. The first-order chi connectivity index (χ1) is 12.5. The Morgan fingerprint density at radius 2 is 1.92 bits per heavy atom. The number of sulfonamides is 1. The Morgan fingerprint density at radius 1 is 1.23 bits per heavy atom. The number of piperidine rings is 1. The lowest BCUT2D eigenvalue weighted by Gasteiger charge is -2.31. The normalized spacial score (nSPS) is 16.5. The minimum Gasteiger partial charge on any atom is -0.348 e. The second-order valence-corrected chi connectivity index (χ2v) is 8.44. The van der Waals surface area contributed by atoms with Crippen LogP contribution < -0.4 is 5.32 Å². The first kappa shape index (κ1) is 18.5. The minimum atomic E-state index is -3.17. The van der Waals surface area contributed by atoms with Crippen molar-refractivity contribution in [3.8, 4) is 5.69 Å². The molecule has 1 N–H and O–H groups in total. The molecule has 1 saturated heterocycles. The minimum absolute atomic E-state index is 0.0579. The summed E-state index contributed by atoms with van der Waals surface area (Å²) in [6, 6.07) is 9.37. The molecule has 9 heteroatoms. The predicted molar refractivity (Wildman–Crippen MR) is 97.5 cm³/mol. The molecule has 1 aromatic heterocycles. The molecule has 1 amide bonds. The molecule has 140 valence electrons. The van der Waals surface area contributed by atoms with Gasteiger partial charge in [-0.2, -0.15) is 0 Å². The van der Waals surface area contributed by atoms with Gasteiger partial charge in [0.15, 0.2) is 5.69 Å². The molecule has 0 aliphatic carbocycles. The average molecular weight is 377 g/mol. The third-order valence-corrected chi connectivity index (χ3v) is 6.47. The number of para-hydroxylation sites is 1. The van der Waals surface area contributed by atoms with Crippen molar-refractivity contribution < 1.29 is 13.2 Å². The molecule has 0 atom stereocenters. The number of carbonyl (C=O) groups excluding carboxylic acids is 1. The van der Waals surface area contributed by atoms with Gasteiger partial charge in [-0.3, -0.25) is 4.79 Å². The molecule has 2 heterocycles. The van der Waals surface area contributed by atoms with Crippen LogP contribution in [0, 0.1) is 0 Å². The standard InChI is InChI=1S/C17H23N5O3S/c1-2-12-26(24,25)21-10-8-14(9-11-21)18-17(23)16-13-22(20-19-16)15-6-4-3-5-7-15/h3-7,13-14H,2,8-12H2,1H3,(H,18,23). The van der Waals surface area contributed by atoms with Gasteiger partial charge in [0.2, 0.25) is 10.0 Å². The molecule has 2 aromatic rings. The van der Waals surface area contributed by atoms with Crippen molar-refractivity contribution in [2.24, 2.45) is 0 Å². The molecule has 1 aromatic carbocycles. The molecule has 3 rings (SSSR count). The largest absolute Gasteiger partial charge is 0.348 e. The van der Waals surface area contributed by atoms with Crippen LogP contribution in [0.4, 0.5) is 0 Å². The van der Waals surface area contributed by atoms with Crippen molar-refractivity contribution in [2.45, 2.75) is 32.2 Å². The summed E-state index contributed by atoms with van der Waals surface area (Å²) < 4.78 is 27.3. The van der Waals surface area contributed by atoms with Crippen LogP contribution in [0.5, 0.6) is 0 Å². The van der Waals surface area contributed by atoms with Gasteiger partial charge in [0.05, 0.1) is 17.6 Å². The number of hydrogen-bond acceptors (Lipinski definition) is 5. The fourth-order valence-corrected chi connectivity index (χ4v) is 4.54. The summed E-state index contributed by atoms with van der Waals surface area (Å²) in [5, 5.41) is 10.8. The molecule has 26 heavy (non-hydrogen) atoms. The van der Waals surface area contributed by atoms with Crippen LogP contribution in [0.25, 0.3) is 5.69 Å². The Balaban J connectivity index is 1.56. The maximum atomic E-state index is 12.4. The van der Waals surface area contributed by atoms with Crippen LogP contribution in [0.1, 0.15) is 36.7 Å². The highest BCUT2D eigenvalue weighted by Gasteiger charge is 2.28. The molecule has 0 radical (unpaired) electrons. The smallest absolute Gasteiger partial charge is 0.273 e. The van der Waals surface area contributed by atoms with E-state index in [2.05, 4.69) is 15.6 Å². The molecule has 1 fully saturated rings. The van der Waals surface area contributed by atoms with Crippen molar-refractivity contribution >= 4 is 15.9 Å². The van der Waals surface area contributed by atoms with E-state index in [0.29, 0.717) is 32.4 Å².